The molecule has 0 saturated carbocycles. The average molecular weight is 235 g/mol. The summed E-state index contributed by atoms with van der Waals surface area (Å²) in [5.41, 5.74) is 0. The third kappa shape index (κ3) is 9.99. The van der Waals surface area contributed by atoms with Crippen molar-refractivity contribution in [1.82, 2.24) is 4.90 Å². The maximum atomic E-state index is 12.0. The zero-order valence-electron chi connectivity index (χ0n) is 9.73. The Morgan fingerprint density at radius 2 is 1.57 bits per heavy atom. The molecule has 0 radical (unpaired) electrons. The molecule has 0 heterocycles. The monoisotopic (exact) mass is 235 g/mol. The Morgan fingerprint density at radius 3 is 1.86 bits per heavy atom. The summed E-state index contributed by atoms with van der Waals surface area (Å²) in [4.78, 5) is 1.38. The minimum atomic E-state index is -4.68. The molecular formula is C8H18BF3KN. The zero-order chi connectivity index (χ0) is 10.6. The molecule has 0 saturated heterocycles. The summed E-state index contributed by atoms with van der Waals surface area (Å²) in [5.74, 6) is 0.443. The molecule has 14 heavy (non-hydrogen) atoms. The van der Waals surface area contributed by atoms with E-state index in [1.807, 2.05) is 20.8 Å². The Kier molecular flexibility index (Phi) is 9.78. The average Bonchev–Trinajstić information content (AvgIpc) is 1.81. The quantitative estimate of drug-likeness (QED) is 0.594. The summed E-state index contributed by atoms with van der Waals surface area (Å²) in [5, 5.41) is 0. The Hall–Kier alpha value is 1.45. The van der Waals surface area contributed by atoms with Crippen LogP contribution < -0.4 is 51.4 Å². The molecule has 1 nitrogen and oxygen atoms in total. The fourth-order valence-corrected chi connectivity index (χ4v) is 1.37. The van der Waals surface area contributed by atoms with Crippen molar-refractivity contribution in [2.75, 3.05) is 13.5 Å². The fourth-order valence-electron chi connectivity index (χ4n) is 1.37. The first-order valence-corrected chi connectivity index (χ1v) is 4.63. The van der Waals surface area contributed by atoms with Gasteiger partial charge < -0.3 is 17.8 Å². The summed E-state index contributed by atoms with van der Waals surface area (Å²) >= 11 is 0. The summed E-state index contributed by atoms with van der Waals surface area (Å²) in [7, 11) is 1.53. The molecule has 0 rings (SSSR count). The number of hydrogen-bond acceptors (Lipinski definition) is 1. The summed E-state index contributed by atoms with van der Waals surface area (Å²) in [6.45, 7) is 1.19. The molecule has 1 atom stereocenters. The molecule has 0 aromatic heterocycles. The minimum absolute atomic E-state index is 0. The number of hydrogen-bond donors (Lipinski definition) is 0. The minimum Gasteiger partial charge on any atom is -0.448 e. The molecule has 0 N–H and O–H groups in total. The van der Waals surface area contributed by atoms with E-state index in [-0.39, 0.29) is 57.4 Å². The Bertz CT molecular complexity index is 152. The van der Waals surface area contributed by atoms with Crippen LogP contribution in [0.1, 0.15) is 27.2 Å². The van der Waals surface area contributed by atoms with Gasteiger partial charge in [0.1, 0.15) is 0 Å². The molecule has 6 heteroatoms. The second-order valence-electron chi connectivity index (χ2n) is 4.13. The van der Waals surface area contributed by atoms with Crippen molar-refractivity contribution in [3.63, 3.8) is 0 Å². The van der Waals surface area contributed by atoms with Crippen molar-refractivity contribution in [1.29, 1.82) is 0 Å². The van der Waals surface area contributed by atoms with Gasteiger partial charge in [-0.25, -0.2) is 0 Å². The number of nitrogens with zero attached hydrogens (tertiary/aromatic N) is 1. The standard InChI is InChI=1S/C8H18BF3N.K/c1-7(2)5-8(3)13(4)6-9(10,11)12;/h7-8H,5-6H2,1-4H3;/q-1;+1. The van der Waals surface area contributed by atoms with Crippen LogP contribution in [0.5, 0.6) is 0 Å². The van der Waals surface area contributed by atoms with Crippen molar-refractivity contribution < 1.29 is 64.3 Å². The zero-order valence-corrected chi connectivity index (χ0v) is 12.9. The molecule has 0 fully saturated rings. The van der Waals surface area contributed by atoms with Crippen molar-refractivity contribution in [3.05, 3.63) is 0 Å². The largest absolute Gasteiger partial charge is 1.00 e. The van der Waals surface area contributed by atoms with Crippen molar-refractivity contribution in [2.45, 2.75) is 33.2 Å². The molecule has 0 bridgehead atoms. The second kappa shape index (κ2) is 7.68. The topological polar surface area (TPSA) is 3.24 Å². The van der Waals surface area contributed by atoms with Crippen LogP contribution in [0.2, 0.25) is 0 Å². The van der Waals surface area contributed by atoms with Crippen molar-refractivity contribution >= 4 is 6.98 Å². The first kappa shape index (κ1) is 17.8. The molecule has 0 spiro atoms. The van der Waals surface area contributed by atoms with E-state index in [4.69, 9.17) is 0 Å². The van der Waals surface area contributed by atoms with Gasteiger partial charge >= 0.3 is 58.4 Å². The molecular weight excluding hydrogens is 217 g/mol. The van der Waals surface area contributed by atoms with Gasteiger partial charge in [-0.15, -0.1) is 0 Å². The van der Waals surface area contributed by atoms with Gasteiger partial charge in [0, 0.05) is 6.04 Å². The van der Waals surface area contributed by atoms with E-state index in [1.165, 1.54) is 11.9 Å². The predicted molar refractivity (Wildman–Crippen MR) is 50.6 cm³/mol. The molecule has 0 aliphatic heterocycles. The van der Waals surface area contributed by atoms with Gasteiger partial charge in [0.25, 0.3) is 0 Å². The van der Waals surface area contributed by atoms with Gasteiger partial charge in [-0.2, -0.15) is 0 Å². The van der Waals surface area contributed by atoms with E-state index in [0.717, 1.165) is 6.42 Å². The van der Waals surface area contributed by atoms with E-state index < -0.39 is 13.4 Å². The Balaban J connectivity index is 0. The normalized spacial score (nSPS) is 14.4. The predicted octanol–water partition coefficient (Wildman–Crippen LogP) is -0.257. The fraction of sp³-hybridized carbons (Fsp3) is 1.00. The van der Waals surface area contributed by atoms with Crippen LogP contribution in [-0.4, -0.2) is 31.4 Å². The summed E-state index contributed by atoms with van der Waals surface area (Å²) in [6, 6.07) is 0.00324. The molecule has 0 aromatic carbocycles. The molecule has 80 valence electrons. The van der Waals surface area contributed by atoms with Crippen LogP contribution in [0.3, 0.4) is 0 Å². The number of rotatable bonds is 5. The van der Waals surface area contributed by atoms with E-state index in [2.05, 4.69) is 0 Å². The molecule has 0 aliphatic rings. The van der Waals surface area contributed by atoms with Crippen LogP contribution in [0.4, 0.5) is 12.9 Å². The van der Waals surface area contributed by atoms with Crippen molar-refractivity contribution in [2.24, 2.45) is 5.92 Å². The third-order valence-electron chi connectivity index (χ3n) is 2.06. The van der Waals surface area contributed by atoms with Gasteiger partial charge in [0.2, 0.25) is 0 Å². The smallest absolute Gasteiger partial charge is 0.448 e. The van der Waals surface area contributed by atoms with E-state index in [9.17, 15) is 12.9 Å². The van der Waals surface area contributed by atoms with Gasteiger partial charge in [0.15, 0.2) is 0 Å². The summed E-state index contributed by atoms with van der Waals surface area (Å²) < 4.78 is 36.1. The van der Waals surface area contributed by atoms with E-state index in [0.29, 0.717) is 5.92 Å². The third-order valence-corrected chi connectivity index (χ3v) is 2.06. The van der Waals surface area contributed by atoms with Crippen LogP contribution in [-0.2, 0) is 0 Å². The van der Waals surface area contributed by atoms with Gasteiger partial charge in [-0.05, 0) is 32.8 Å². The molecule has 0 amide bonds. The molecule has 0 aromatic rings. The maximum absolute atomic E-state index is 12.0. The van der Waals surface area contributed by atoms with Gasteiger partial charge in [-0.1, -0.05) is 13.8 Å². The van der Waals surface area contributed by atoms with Crippen LogP contribution in [0.25, 0.3) is 0 Å². The van der Waals surface area contributed by atoms with Gasteiger partial charge in [-0.3, -0.25) is 0 Å². The van der Waals surface area contributed by atoms with E-state index in [1.54, 1.807) is 0 Å². The first-order chi connectivity index (χ1) is 5.72. The SMILES string of the molecule is CC(C)CC(C)N(C)C[B-](F)(F)F.[K+]. The maximum Gasteiger partial charge on any atom is 1.00 e. The second-order valence-corrected chi connectivity index (χ2v) is 4.13. The first-order valence-electron chi connectivity index (χ1n) is 4.63. The Labute approximate surface area is 127 Å². The Morgan fingerprint density at radius 1 is 1.14 bits per heavy atom. The molecule has 1 unspecified atom stereocenters. The number of halogens is 3. The molecule has 0 aliphatic carbocycles. The van der Waals surface area contributed by atoms with Crippen LogP contribution in [0, 0.1) is 5.92 Å². The van der Waals surface area contributed by atoms with Crippen LogP contribution >= 0.6 is 0 Å². The van der Waals surface area contributed by atoms with Crippen LogP contribution in [0.15, 0.2) is 0 Å². The van der Waals surface area contributed by atoms with E-state index >= 15 is 0 Å². The summed E-state index contributed by atoms with van der Waals surface area (Å²) in [6.07, 6.45) is 0.0521. The van der Waals surface area contributed by atoms with Gasteiger partial charge in [0.05, 0.1) is 0 Å². The van der Waals surface area contributed by atoms with Crippen molar-refractivity contribution in [3.8, 4) is 0 Å².